The number of thiazole rings is 1. The molecule has 1 rings (SSSR count). The average molecular weight is 269 g/mol. The number of likely N-dealkylation sites (N-methyl/N-ethyl adjacent to an activating group) is 1. The van der Waals surface area contributed by atoms with E-state index in [0.717, 1.165) is 30.2 Å². The number of carbonyl (C=O) groups is 1. The lowest BCUT2D eigenvalue weighted by Crippen LogP contribution is -2.38. The van der Waals surface area contributed by atoms with Gasteiger partial charge in [-0.25, -0.2) is 4.98 Å². The van der Waals surface area contributed by atoms with Gasteiger partial charge < -0.3 is 9.80 Å². The number of aryl methyl sites for hydroxylation is 1. The lowest BCUT2D eigenvalue weighted by molar-refractivity contribution is 0.0728. The second kappa shape index (κ2) is 6.85. The molecule has 0 bridgehead atoms. The molecular formula is C13H23N3OS. The first-order valence-electron chi connectivity index (χ1n) is 6.26. The molecule has 0 aliphatic rings. The van der Waals surface area contributed by atoms with Crippen LogP contribution in [-0.4, -0.2) is 54.4 Å². The standard InChI is InChI=1S/C13H23N3OS/c1-10(2)8-16(7-6-15(4)5)13(17)12-11(3)14-9-18-12/h9-10H,6-8H2,1-5H3. The molecular weight excluding hydrogens is 246 g/mol. The van der Waals surface area contributed by atoms with E-state index in [9.17, 15) is 4.79 Å². The normalized spacial score (nSPS) is 11.3. The van der Waals surface area contributed by atoms with E-state index < -0.39 is 0 Å². The van der Waals surface area contributed by atoms with E-state index in [0.29, 0.717) is 5.92 Å². The van der Waals surface area contributed by atoms with Gasteiger partial charge in [0.05, 0.1) is 11.2 Å². The zero-order valence-corrected chi connectivity index (χ0v) is 12.8. The first-order chi connectivity index (χ1) is 8.41. The maximum atomic E-state index is 12.5. The summed E-state index contributed by atoms with van der Waals surface area (Å²) in [6.45, 7) is 8.61. The zero-order valence-electron chi connectivity index (χ0n) is 11.9. The molecule has 0 aromatic carbocycles. The number of hydrogen-bond donors (Lipinski definition) is 0. The van der Waals surface area contributed by atoms with Gasteiger partial charge in [0, 0.05) is 19.6 Å². The van der Waals surface area contributed by atoms with Crippen LogP contribution in [0.25, 0.3) is 0 Å². The third-order valence-electron chi connectivity index (χ3n) is 2.63. The fraction of sp³-hybridized carbons (Fsp3) is 0.692. The average Bonchev–Trinajstić information content (AvgIpc) is 2.69. The van der Waals surface area contributed by atoms with Crippen molar-refractivity contribution < 1.29 is 4.79 Å². The van der Waals surface area contributed by atoms with E-state index in [4.69, 9.17) is 0 Å². The number of hydrogen-bond acceptors (Lipinski definition) is 4. The molecule has 4 nitrogen and oxygen atoms in total. The SMILES string of the molecule is Cc1ncsc1C(=O)N(CCN(C)C)CC(C)C. The predicted octanol–water partition coefficient (Wildman–Crippen LogP) is 2.11. The van der Waals surface area contributed by atoms with Gasteiger partial charge >= 0.3 is 0 Å². The number of amides is 1. The first kappa shape index (κ1) is 15.1. The van der Waals surface area contributed by atoms with Crippen molar-refractivity contribution in [3.63, 3.8) is 0 Å². The van der Waals surface area contributed by atoms with Crippen LogP contribution in [0.15, 0.2) is 5.51 Å². The van der Waals surface area contributed by atoms with Crippen LogP contribution in [0, 0.1) is 12.8 Å². The van der Waals surface area contributed by atoms with Crippen molar-refractivity contribution in [3.05, 3.63) is 16.1 Å². The molecule has 1 heterocycles. The summed E-state index contributed by atoms with van der Waals surface area (Å²) in [6, 6.07) is 0. The van der Waals surface area contributed by atoms with Crippen LogP contribution in [0.3, 0.4) is 0 Å². The van der Waals surface area contributed by atoms with E-state index in [1.54, 1.807) is 5.51 Å². The van der Waals surface area contributed by atoms with E-state index >= 15 is 0 Å². The second-order valence-electron chi connectivity index (χ2n) is 5.22. The zero-order chi connectivity index (χ0) is 13.7. The summed E-state index contributed by atoms with van der Waals surface area (Å²) in [4.78, 5) is 21.4. The molecule has 1 amide bonds. The fourth-order valence-electron chi connectivity index (χ4n) is 1.69. The van der Waals surface area contributed by atoms with Crippen LogP contribution in [0.4, 0.5) is 0 Å². The number of nitrogens with zero attached hydrogens (tertiary/aromatic N) is 3. The molecule has 0 saturated carbocycles. The van der Waals surface area contributed by atoms with Gasteiger partial charge in [0.2, 0.25) is 0 Å². The van der Waals surface area contributed by atoms with Gasteiger partial charge in [-0.3, -0.25) is 4.79 Å². The van der Waals surface area contributed by atoms with Crippen LogP contribution in [0.1, 0.15) is 29.2 Å². The summed E-state index contributed by atoms with van der Waals surface area (Å²) in [5.74, 6) is 0.592. The minimum absolute atomic E-state index is 0.116. The van der Waals surface area contributed by atoms with Crippen LogP contribution in [-0.2, 0) is 0 Å². The lowest BCUT2D eigenvalue weighted by atomic mass is 10.2. The highest BCUT2D eigenvalue weighted by Crippen LogP contribution is 2.16. The van der Waals surface area contributed by atoms with Gasteiger partial charge in [-0.2, -0.15) is 0 Å². The Hall–Kier alpha value is -0.940. The predicted molar refractivity (Wildman–Crippen MR) is 76.1 cm³/mol. The quantitative estimate of drug-likeness (QED) is 0.793. The van der Waals surface area contributed by atoms with E-state index in [1.807, 2.05) is 25.9 Å². The van der Waals surface area contributed by atoms with Gasteiger partial charge in [0.1, 0.15) is 4.88 Å². The van der Waals surface area contributed by atoms with Crippen molar-refractivity contribution in [1.29, 1.82) is 0 Å². The van der Waals surface area contributed by atoms with E-state index in [1.165, 1.54) is 11.3 Å². The van der Waals surface area contributed by atoms with Crippen LogP contribution in [0.5, 0.6) is 0 Å². The van der Waals surface area contributed by atoms with Gasteiger partial charge in [0.15, 0.2) is 0 Å². The Labute approximate surface area is 114 Å². The molecule has 0 radical (unpaired) electrons. The first-order valence-corrected chi connectivity index (χ1v) is 7.14. The summed E-state index contributed by atoms with van der Waals surface area (Å²) in [7, 11) is 4.05. The number of rotatable bonds is 6. The van der Waals surface area contributed by atoms with Gasteiger partial charge in [-0.05, 0) is 26.9 Å². The van der Waals surface area contributed by atoms with Gasteiger partial charge in [-0.15, -0.1) is 11.3 Å². The van der Waals surface area contributed by atoms with Crippen molar-refractivity contribution in [2.45, 2.75) is 20.8 Å². The Balaban J connectivity index is 2.75. The largest absolute Gasteiger partial charge is 0.336 e. The third kappa shape index (κ3) is 4.38. The molecule has 1 aromatic rings. The van der Waals surface area contributed by atoms with Crippen LogP contribution in [0.2, 0.25) is 0 Å². The minimum Gasteiger partial charge on any atom is -0.336 e. The second-order valence-corrected chi connectivity index (χ2v) is 6.07. The third-order valence-corrected chi connectivity index (χ3v) is 3.55. The van der Waals surface area contributed by atoms with Gasteiger partial charge in [0.25, 0.3) is 5.91 Å². The molecule has 0 N–H and O–H groups in total. The maximum Gasteiger partial charge on any atom is 0.265 e. The molecule has 0 saturated heterocycles. The molecule has 0 aliphatic heterocycles. The molecule has 0 unspecified atom stereocenters. The van der Waals surface area contributed by atoms with Crippen LogP contribution < -0.4 is 0 Å². The molecule has 0 atom stereocenters. The number of carbonyl (C=O) groups excluding carboxylic acids is 1. The Morgan fingerprint density at radius 1 is 1.39 bits per heavy atom. The van der Waals surface area contributed by atoms with Crippen LogP contribution >= 0.6 is 11.3 Å². The Morgan fingerprint density at radius 2 is 2.06 bits per heavy atom. The summed E-state index contributed by atoms with van der Waals surface area (Å²) in [6.07, 6.45) is 0. The fourth-order valence-corrected chi connectivity index (χ4v) is 2.46. The minimum atomic E-state index is 0.116. The summed E-state index contributed by atoms with van der Waals surface area (Å²) < 4.78 is 0. The molecule has 0 spiro atoms. The topological polar surface area (TPSA) is 36.4 Å². The van der Waals surface area contributed by atoms with Crippen molar-refractivity contribution in [2.75, 3.05) is 33.7 Å². The van der Waals surface area contributed by atoms with Crippen molar-refractivity contribution in [2.24, 2.45) is 5.92 Å². The smallest absolute Gasteiger partial charge is 0.265 e. The Morgan fingerprint density at radius 3 is 2.50 bits per heavy atom. The molecule has 0 fully saturated rings. The van der Waals surface area contributed by atoms with E-state index in [2.05, 4.69) is 23.7 Å². The summed E-state index contributed by atoms with van der Waals surface area (Å²) in [5.41, 5.74) is 2.57. The summed E-state index contributed by atoms with van der Waals surface area (Å²) >= 11 is 1.43. The van der Waals surface area contributed by atoms with Crippen molar-refractivity contribution >= 4 is 17.2 Å². The highest BCUT2D eigenvalue weighted by atomic mass is 32.1. The highest BCUT2D eigenvalue weighted by Gasteiger charge is 2.20. The molecule has 102 valence electrons. The van der Waals surface area contributed by atoms with Gasteiger partial charge in [-0.1, -0.05) is 13.8 Å². The molecule has 5 heteroatoms. The highest BCUT2D eigenvalue weighted by molar-refractivity contribution is 7.11. The van der Waals surface area contributed by atoms with E-state index in [-0.39, 0.29) is 5.91 Å². The molecule has 18 heavy (non-hydrogen) atoms. The van der Waals surface area contributed by atoms with Crippen molar-refractivity contribution in [1.82, 2.24) is 14.8 Å². The summed E-state index contributed by atoms with van der Waals surface area (Å²) in [5, 5.41) is 0. The molecule has 1 aromatic heterocycles. The Kier molecular flexibility index (Phi) is 5.75. The Bertz CT molecular complexity index is 387. The monoisotopic (exact) mass is 269 g/mol. The maximum absolute atomic E-state index is 12.5. The molecule has 0 aliphatic carbocycles. The van der Waals surface area contributed by atoms with Crippen molar-refractivity contribution in [3.8, 4) is 0 Å². The number of aromatic nitrogens is 1. The lowest BCUT2D eigenvalue weighted by Gasteiger charge is -2.25.